The Hall–Kier alpha value is -0.793. The largest absolute Gasteiger partial charge is 0.490 e. The molecule has 0 aromatic heterocycles. The molecule has 0 amide bonds. The van der Waals surface area contributed by atoms with Crippen molar-refractivity contribution >= 4 is 25.9 Å². The fraction of sp³-hybridized carbons (Fsp3) is 0.833. The minimum atomic E-state index is -5.03. The van der Waals surface area contributed by atoms with Crippen molar-refractivity contribution in [1.29, 1.82) is 0 Å². The van der Waals surface area contributed by atoms with E-state index in [2.05, 4.69) is 59.9 Å². The summed E-state index contributed by atoms with van der Waals surface area (Å²) >= 11 is 6.29. The maximum Gasteiger partial charge on any atom is 0.490 e. The Balaban J connectivity index is 1.71. The molecule has 0 heterocycles. The van der Waals surface area contributed by atoms with Crippen molar-refractivity contribution in [1.82, 2.24) is 0 Å². The van der Waals surface area contributed by atoms with Gasteiger partial charge in [0.15, 0.2) is 8.32 Å². The molecule has 0 unspecified atom stereocenters. The number of carbonyl (C=O) groups is 1. The van der Waals surface area contributed by atoms with E-state index in [0.717, 1.165) is 31.3 Å². The molecule has 3 nitrogen and oxygen atoms in total. The second-order valence-electron chi connectivity index (χ2n) is 14.4. The number of hydrogen-bond acceptors (Lipinski definition) is 3. The maximum atomic E-state index is 13.5. The summed E-state index contributed by atoms with van der Waals surface area (Å²) < 4.78 is 52.5. The third-order valence-electron chi connectivity index (χ3n) is 11.4. The lowest BCUT2D eigenvalue weighted by Crippen LogP contribution is -2.56. The predicted octanol–water partition coefficient (Wildman–Crippen LogP) is 8.83. The van der Waals surface area contributed by atoms with Crippen molar-refractivity contribution in [3.8, 4) is 0 Å². The first-order valence-electron chi connectivity index (χ1n) is 14.3. The van der Waals surface area contributed by atoms with Crippen molar-refractivity contribution in [3.63, 3.8) is 0 Å². The number of carbonyl (C=O) groups excluding carboxylic acids is 1. The fourth-order valence-electron chi connectivity index (χ4n) is 8.14. The summed E-state index contributed by atoms with van der Waals surface area (Å²) in [5.74, 6) is -0.0422. The molecule has 0 bridgehead atoms. The van der Waals surface area contributed by atoms with Crippen LogP contribution in [0.4, 0.5) is 13.2 Å². The zero-order valence-electron chi connectivity index (χ0n) is 24.3. The Morgan fingerprint density at radius 3 is 2.37 bits per heavy atom. The van der Waals surface area contributed by atoms with Crippen LogP contribution in [0.1, 0.15) is 80.1 Å². The van der Waals surface area contributed by atoms with Crippen LogP contribution in [0.5, 0.6) is 0 Å². The molecular formula is C30H46ClF3O3Si. The standard InChI is InChI=1S/C30H46ClF3O3Si/c1-18(17-31)22-11-12-23-21-10-9-19-15-20(37-38(7,8)27(2,3)4)16-25(36-26(35)30(32,33)34)29(19,6)24(21)13-14-28(22,23)5/h9-10,18,20,22-25H,11-17H2,1-8H3/t18-,20-,22-,23+,24+,25+,28-,29+/m1/s1. The van der Waals surface area contributed by atoms with Crippen molar-refractivity contribution in [2.75, 3.05) is 5.88 Å². The Labute approximate surface area is 233 Å². The summed E-state index contributed by atoms with van der Waals surface area (Å²) in [6.07, 6.45) is 3.26. The molecule has 0 aromatic carbocycles. The molecule has 0 N–H and O–H groups in total. The van der Waals surface area contributed by atoms with Crippen LogP contribution in [0, 0.1) is 34.5 Å². The molecule has 3 fully saturated rings. The fourth-order valence-corrected chi connectivity index (χ4v) is 9.72. The zero-order valence-corrected chi connectivity index (χ0v) is 26.1. The molecule has 4 aliphatic carbocycles. The predicted molar refractivity (Wildman–Crippen MR) is 148 cm³/mol. The van der Waals surface area contributed by atoms with Crippen LogP contribution in [0.15, 0.2) is 23.3 Å². The van der Waals surface area contributed by atoms with E-state index < -0.39 is 32.0 Å². The second kappa shape index (κ2) is 9.94. The quantitative estimate of drug-likeness (QED) is 0.187. The lowest BCUT2D eigenvalue weighted by molar-refractivity contribution is -0.214. The van der Waals surface area contributed by atoms with Crippen molar-refractivity contribution in [2.24, 2.45) is 34.5 Å². The number of halogens is 4. The Morgan fingerprint density at radius 2 is 1.79 bits per heavy atom. The Kier molecular flexibility index (Phi) is 7.89. The van der Waals surface area contributed by atoms with E-state index in [9.17, 15) is 18.0 Å². The smallest absolute Gasteiger partial charge is 0.455 e. The van der Waals surface area contributed by atoms with Gasteiger partial charge in [-0.25, -0.2) is 4.79 Å². The van der Waals surface area contributed by atoms with Crippen LogP contribution in [0.2, 0.25) is 18.1 Å². The molecule has 8 heteroatoms. The number of ether oxygens (including phenoxy) is 1. The van der Waals surface area contributed by atoms with Crippen LogP contribution in [0.3, 0.4) is 0 Å². The molecule has 0 aliphatic heterocycles. The highest BCUT2D eigenvalue weighted by molar-refractivity contribution is 6.74. The van der Waals surface area contributed by atoms with E-state index in [-0.39, 0.29) is 22.5 Å². The van der Waals surface area contributed by atoms with Gasteiger partial charge in [0, 0.05) is 17.7 Å². The topological polar surface area (TPSA) is 35.5 Å². The van der Waals surface area contributed by atoms with E-state index in [1.807, 2.05) is 6.92 Å². The molecule has 0 saturated heterocycles. The van der Waals surface area contributed by atoms with Gasteiger partial charge in [0.1, 0.15) is 6.10 Å². The van der Waals surface area contributed by atoms with E-state index in [4.69, 9.17) is 20.8 Å². The minimum Gasteiger partial charge on any atom is -0.455 e. The maximum absolute atomic E-state index is 13.5. The number of allylic oxidation sites excluding steroid dienone is 3. The van der Waals surface area contributed by atoms with Gasteiger partial charge in [0.05, 0.1) is 6.10 Å². The summed E-state index contributed by atoms with van der Waals surface area (Å²) in [7, 11) is -2.18. The highest BCUT2D eigenvalue weighted by atomic mass is 35.5. The summed E-state index contributed by atoms with van der Waals surface area (Å²) in [5.41, 5.74) is 1.87. The molecule has 8 atom stereocenters. The first-order valence-corrected chi connectivity index (χ1v) is 17.7. The number of rotatable bonds is 5. The number of hydrogen-bond donors (Lipinski definition) is 0. The van der Waals surface area contributed by atoms with Crippen molar-refractivity contribution < 1.29 is 27.1 Å². The molecule has 0 spiro atoms. The Bertz CT molecular complexity index is 1000. The van der Waals surface area contributed by atoms with E-state index in [1.54, 1.807) is 0 Å². The van der Waals surface area contributed by atoms with Gasteiger partial charge in [-0.3, -0.25) is 0 Å². The van der Waals surface area contributed by atoms with E-state index in [0.29, 0.717) is 36.5 Å². The van der Waals surface area contributed by atoms with Gasteiger partial charge < -0.3 is 9.16 Å². The van der Waals surface area contributed by atoms with Gasteiger partial charge in [-0.2, -0.15) is 13.2 Å². The first kappa shape index (κ1) is 30.2. The normalized spacial score (nSPS) is 38.4. The molecule has 4 aliphatic rings. The second-order valence-corrected chi connectivity index (χ2v) is 19.5. The summed E-state index contributed by atoms with van der Waals surface area (Å²) in [6.45, 7) is 17.5. The van der Waals surface area contributed by atoms with Crippen LogP contribution in [0.25, 0.3) is 0 Å². The average Bonchev–Trinajstić information content (AvgIpc) is 3.15. The zero-order chi connectivity index (χ0) is 28.5. The average molecular weight is 575 g/mol. The lowest BCUT2D eigenvalue weighted by Gasteiger charge is -2.57. The number of esters is 1. The molecule has 4 rings (SSSR count). The highest BCUT2D eigenvalue weighted by Gasteiger charge is 2.61. The van der Waals surface area contributed by atoms with Gasteiger partial charge in [0.2, 0.25) is 0 Å². The van der Waals surface area contributed by atoms with Crippen molar-refractivity contribution in [3.05, 3.63) is 23.3 Å². The van der Waals surface area contributed by atoms with Crippen molar-refractivity contribution in [2.45, 2.75) is 117 Å². The SMILES string of the molecule is C[C@H](CCl)[C@H]1CC[C@H]2C3=CC=C4C[C@@H](O[Si](C)(C)C(C)(C)C)C[C@H](OC(=O)C(F)(F)F)[C@]4(C)[C@H]3CC[C@]12C. The summed E-state index contributed by atoms with van der Waals surface area (Å²) in [5, 5.41) is -0.0348. The van der Waals surface area contributed by atoms with Gasteiger partial charge >= 0.3 is 12.1 Å². The third kappa shape index (κ3) is 4.95. The van der Waals surface area contributed by atoms with Gasteiger partial charge in [-0.05, 0) is 79.3 Å². The van der Waals surface area contributed by atoms with E-state index in [1.165, 1.54) is 5.57 Å². The molecule has 3 saturated carbocycles. The molecule has 0 radical (unpaired) electrons. The van der Waals surface area contributed by atoms with Crippen LogP contribution < -0.4 is 0 Å². The highest BCUT2D eigenvalue weighted by Crippen LogP contribution is 2.66. The van der Waals surface area contributed by atoms with Crippen LogP contribution in [-0.2, 0) is 14.0 Å². The number of alkyl halides is 4. The molecule has 38 heavy (non-hydrogen) atoms. The molecule has 0 aromatic rings. The minimum absolute atomic E-state index is 0.0348. The number of fused-ring (bicyclic) bond motifs is 5. The Morgan fingerprint density at radius 1 is 1.13 bits per heavy atom. The monoisotopic (exact) mass is 574 g/mol. The summed E-state index contributed by atoms with van der Waals surface area (Å²) in [4.78, 5) is 12.2. The van der Waals surface area contributed by atoms with Gasteiger partial charge in [0.25, 0.3) is 0 Å². The lowest BCUT2D eigenvalue weighted by atomic mass is 9.49. The van der Waals surface area contributed by atoms with Crippen LogP contribution >= 0.6 is 11.6 Å². The van der Waals surface area contributed by atoms with Gasteiger partial charge in [-0.1, -0.05) is 64.8 Å². The molecule has 216 valence electrons. The first-order chi connectivity index (χ1) is 17.4. The third-order valence-corrected chi connectivity index (χ3v) is 16.4. The summed E-state index contributed by atoms with van der Waals surface area (Å²) in [6, 6.07) is 0. The van der Waals surface area contributed by atoms with E-state index >= 15 is 0 Å². The van der Waals surface area contributed by atoms with Crippen LogP contribution in [-0.4, -0.2) is 38.6 Å². The molecular weight excluding hydrogens is 529 g/mol. The van der Waals surface area contributed by atoms with Gasteiger partial charge in [-0.15, -0.1) is 11.6 Å².